The van der Waals surface area contributed by atoms with Crippen molar-refractivity contribution in [3.05, 3.63) is 69.8 Å². The van der Waals surface area contributed by atoms with Crippen molar-refractivity contribution in [2.75, 3.05) is 11.9 Å². The van der Waals surface area contributed by atoms with Gasteiger partial charge in [-0.15, -0.1) is 0 Å². The van der Waals surface area contributed by atoms with Gasteiger partial charge in [-0.05, 0) is 25.1 Å². The molecule has 0 aliphatic heterocycles. The van der Waals surface area contributed by atoms with Gasteiger partial charge < -0.3 is 4.90 Å². The van der Waals surface area contributed by atoms with Gasteiger partial charge in [0.05, 0.1) is 11.0 Å². The van der Waals surface area contributed by atoms with Crippen LogP contribution in [0.2, 0.25) is 0 Å². The summed E-state index contributed by atoms with van der Waals surface area (Å²) in [6.07, 6.45) is 0. The van der Waals surface area contributed by atoms with Crippen LogP contribution in [0.25, 0.3) is 0 Å². The maximum atomic E-state index is 13.8. The Morgan fingerprint density at radius 3 is 2.33 bits per heavy atom. The Balaban J connectivity index is 2.46. The molecule has 4 nitrogen and oxygen atoms in total. The lowest BCUT2D eigenvalue weighted by atomic mass is 10.1. The Bertz CT molecular complexity index is 676. The molecule has 1 atom stereocenters. The summed E-state index contributed by atoms with van der Waals surface area (Å²) in [5.41, 5.74) is -0.113. The number of nitro groups is 1. The Morgan fingerprint density at radius 1 is 1.10 bits per heavy atom. The molecule has 0 heterocycles. The van der Waals surface area contributed by atoms with Gasteiger partial charge in [0.2, 0.25) is 5.82 Å². The van der Waals surface area contributed by atoms with Crippen molar-refractivity contribution in [2.45, 2.75) is 13.0 Å². The zero-order valence-corrected chi connectivity index (χ0v) is 11.6. The summed E-state index contributed by atoms with van der Waals surface area (Å²) in [6.45, 7) is 1.70. The molecule has 2 rings (SSSR count). The number of hydrogen-bond acceptors (Lipinski definition) is 3. The van der Waals surface area contributed by atoms with Gasteiger partial charge in [0.15, 0.2) is 0 Å². The third-order valence-corrected chi connectivity index (χ3v) is 3.46. The van der Waals surface area contributed by atoms with Crippen molar-refractivity contribution in [1.82, 2.24) is 0 Å². The first-order chi connectivity index (χ1) is 9.93. The van der Waals surface area contributed by atoms with Crippen molar-refractivity contribution < 1.29 is 13.7 Å². The molecule has 0 N–H and O–H groups in total. The van der Waals surface area contributed by atoms with Gasteiger partial charge in [-0.3, -0.25) is 10.1 Å². The molecule has 1 unspecified atom stereocenters. The van der Waals surface area contributed by atoms with Gasteiger partial charge in [-0.1, -0.05) is 24.3 Å². The van der Waals surface area contributed by atoms with Crippen molar-refractivity contribution in [3.8, 4) is 0 Å². The van der Waals surface area contributed by atoms with Crippen LogP contribution in [-0.4, -0.2) is 12.0 Å². The highest BCUT2D eigenvalue weighted by molar-refractivity contribution is 5.64. The molecule has 0 saturated carbocycles. The van der Waals surface area contributed by atoms with Crippen LogP contribution in [0.5, 0.6) is 0 Å². The zero-order valence-electron chi connectivity index (χ0n) is 11.6. The van der Waals surface area contributed by atoms with Crippen LogP contribution < -0.4 is 4.90 Å². The minimum atomic E-state index is -0.912. The average molecular weight is 292 g/mol. The van der Waals surface area contributed by atoms with Gasteiger partial charge in [0.1, 0.15) is 11.5 Å². The van der Waals surface area contributed by atoms with E-state index < -0.39 is 28.3 Å². The summed E-state index contributed by atoms with van der Waals surface area (Å²) in [4.78, 5) is 11.8. The number of nitrogens with zero attached hydrogens (tertiary/aromatic N) is 2. The number of para-hydroxylation sites is 1. The summed E-state index contributed by atoms with van der Waals surface area (Å²) in [5.74, 6) is -1.32. The van der Waals surface area contributed by atoms with Gasteiger partial charge >= 0.3 is 5.69 Å². The van der Waals surface area contributed by atoms with Gasteiger partial charge in [0, 0.05) is 12.6 Å². The highest BCUT2D eigenvalue weighted by Gasteiger charge is 2.26. The summed E-state index contributed by atoms with van der Waals surface area (Å²) >= 11 is 0. The molecule has 21 heavy (non-hydrogen) atoms. The third-order valence-electron chi connectivity index (χ3n) is 3.46. The Hall–Kier alpha value is -2.50. The average Bonchev–Trinajstić information content (AvgIpc) is 2.45. The van der Waals surface area contributed by atoms with E-state index in [4.69, 9.17) is 0 Å². The minimum Gasteiger partial charge on any atom is -0.362 e. The van der Waals surface area contributed by atoms with Crippen LogP contribution in [0.1, 0.15) is 18.5 Å². The first-order valence-electron chi connectivity index (χ1n) is 6.33. The largest absolute Gasteiger partial charge is 0.362 e. The molecule has 110 valence electrons. The standard InChI is InChI=1S/C15H14F2N2O2/c1-10(11-6-3-4-7-12(11)16)18(2)14-9-5-8-13(17)15(14)19(20)21/h3-10H,1-2H3. The van der Waals surface area contributed by atoms with Crippen LogP contribution in [0.15, 0.2) is 42.5 Å². The maximum absolute atomic E-state index is 13.8. The molecule has 0 bridgehead atoms. The van der Waals surface area contributed by atoms with Gasteiger partial charge in [0.25, 0.3) is 0 Å². The van der Waals surface area contributed by atoms with E-state index in [1.807, 2.05) is 0 Å². The van der Waals surface area contributed by atoms with Crippen molar-refractivity contribution in [3.63, 3.8) is 0 Å². The fourth-order valence-corrected chi connectivity index (χ4v) is 2.20. The number of halogens is 2. The van der Waals surface area contributed by atoms with Crippen LogP contribution >= 0.6 is 0 Å². The second-order valence-corrected chi connectivity index (χ2v) is 4.67. The number of hydrogen-bond donors (Lipinski definition) is 0. The normalized spacial score (nSPS) is 12.0. The molecule has 0 aliphatic carbocycles. The van der Waals surface area contributed by atoms with E-state index in [1.165, 1.54) is 23.1 Å². The quantitative estimate of drug-likeness (QED) is 0.630. The van der Waals surface area contributed by atoms with Crippen molar-refractivity contribution in [2.24, 2.45) is 0 Å². The Morgan fingerprint density at radius 2 is 1.71 bits per heavy atom. The lowest BCUT2D eigenvalue weighted by molar-refractivity contribution is -0.386. The number of rotatable bonds is 4. The molecule has 0 saturated heterocycles. The number of nitro benzene ring substituents is 1. The van der Waals surface area contributed by atoms with E-state index in [-0.39, 0.29) is 5.69 Å². The highest BCUT2D eigenvalue weighted by Crippen LogP contribution is 2.35. The van der Waals surface area contributed by atoms with E-state index in [0.717, 1.165) is 6.07 Å². The lowest BCUT2D eigenvalue weighted by Gasteiger charge is -2.27. The molecule has 0 amide bonds. The Kier molecular flexibility index (Phi) is 4.16. The molecular weight excluding hydrogens is 278 g/mol. The van der Waals surface area contributed by atoms with E-state index >= 15 is 0 Å². The van der Waals surface area contributed by atoms with Gasteiger partial charge in [-0.2, -0.15) is 4.39 Å². The predicted octanol–water partition coefficient (Wildman–Crippen LogP) is 4.07. The zero-order chi connectivity index (χ0) is 15.6. The summed E-state index contributed by atoms with van der Waals surface area (Å²) in [5, 5.41) is 11.0. The Labute approximate surface area is 120 Å². The predicted molar refractivity (Wildman–Crippen MR) is 76.3 cm³/mol. The number of anilines is 1. The van der Waals surface area contributed by atoms with E-state index in [2.05, 4.69) is 0 Å². The highest BCUT2D eigenvalue weighted by atomic mass is 19.1. The minimum absolute atomic E-state index is 0.107. The van der Waals surface area contributed by atoms with Crippen LogP contribution in [0, 0.1) is 21.7 Å². The molecule has 0 fully saturated rings. The summed E-state index contributed by atoms with van der Waals surface area (Å²) < 4.78 is 27.5. The topological polar surface area (TPSA) is 46.4 Å². The fraction of sp³-hybridized carbons (Fsp3) is 0.200. The second kappa shape index (κ2) is 5.87. The number of benzene rings is 2. The fourth-order valence-electron chi connectivity index (χ4n) is 2.20. The molecule has 0 aliphatic rings. The van der Waals surface area contributed by atoms with E-state index in [0.29, 0.717) is 5.56 Å². The molecule has 0 spiro atoms. The summed E-state index contributed by atoms with van der Waals surface area (Å²) in [6, 6.07) is 9.55. The first-order valence-corrected chi connectivity index (χ1v) is 6.33. The molecule has 2 aromatic carbocycles. The lowest BCUT2D eigenvalue weighted by Crippen LogP contribution is -2.23. The monoisotopic (exact) mass is 292 g/mol. The first kappa shape index (κ1) is 14.9. The van der Waals surface area contributed by atoms with Crippen molar-refractivity contribution in [1.29, 1.82) is 0 Å². The van der Waals surface area contributed by atoms with Crippen LogP contribution in [0.3, 0.4) is 0 Å². The maximum Gasteiger partial charge on any atom is 0.327 e. The van der Waals surface area contributed by atoms with Crippen LogP contribution in [0.4, 0.5) is 20.2 Å². The summed E-state index contributed by atoms with van der Waals surface area (Å²) in [7, 11) is 1.57. The van der Waals surface area contributed by atoms with E-state index in [1.54, 1.807) is 32.2 Å². The van der Waals surface area contributed by atoms with Gasteiger partial charge in [-0.25, -0.2) is 4.39 Å². The van der Waals surface area contributed by atoms with E-state index in [9.17, 15) is 18.9 Å². The molecule has 0 aromatic heterocycles. The van der Waals surface area contributed by atoms with Crippen LogP contribution in [-0.2, 0) is 0 Å². The molecule has 2 aromatic rings. The SMILES string of the molecule is CC(c1ccccc1F)N(C)c1cccc(F)c1[N+](=O)[O-]. The van der Waals surface area contributed by atoms with Crippen molar-refractivity contribution >= 4 is 11.4 Å². The second-order valence-electron chi connectivity index (χ2n) is 4.67. The smallest absolute Gasteiger partial charge is 0.327 e. The molecule has 6 heteroatoms. The molecular formula is C15H14F2N2O2. The molecule has 0 radical (unpaired) electrons. The third kappa shape index (κ3) is 2.84.